The lowest BCUT2D eigenvalue weighted by molar-refractivity contribution is 0.0695. The van der Waals surface area contributed by atoms with Gasteiger partial charge in [-0.05, 0) is 26.0 Å². The number of rotatable bonds is 3. The fourth-order valence-electron chi connectivity index (χ4n) is 3.58. The second kappa shape index (κ2) is 6.92. The minimum atomic E-state index is -1.62. The number of imidazole rings is 1. The van der Waals surface area contributed by atoms with Crippen LogP contribution < -0.4 is 0 Å². The van der Waals surface area contributed by atoms with E-state index in [1.54, 1.807) is 23.4 Å². The maximum Gasteiger partial charge on any atom is 0.266 e. The summed E-state index contributed by atoms with van der Waals surface area (Å²) in [5, 5.41) is 0.842. The highest BCUT2D eigenvalue weighted by atomic mass is 32.1. The summed E-state index contributed by atoms with van der Waals surface area (Å²) < 4.78 is 29.2. The predicted octanol–water partition coefficient (Wildman–Crippen LogP) is 4.61. The van der Waals surface area contributed by atoms with E-state index in [4.69, 9.17) is 0 Å². The van der Waals surface area contributed by atoms with Crippen molar-refractivity contribution < 1.29 is 13.6 Å². The number of hydrogen-bond acceptors (Lipinski definition) is 6. The second-order valence-corrected chi connectivity index (χ2v) is 9.65. The van der Waals surface area contributed by atoms with Crippen LogP contribution in [0.3, 0.4) is 0 Å². The molecule has 6 nitrogen and oxygen atoms in total. The molecule has 1 amide bonds. The van der Waals surface area contributed by atoms with Gasteiger partial charge in [0, 0.05) is 18.7 Å². The fraction of sp³-hybridized carbons (Fsp3) is 0.300. The number of H-pyrrole nitrogens is 1. The first-order valence-corrected chi connectivity index (χ1v) is 11.0. The second-order valence-electron chi connectivity index (χ2n) is 7.56. The van der Waals surface area contributed by atoms with Crippen molar-refractivity contribution in [3.8, 4) is 0 Å². The Labute approximate surface area is 178 Å². The van der Waals surface area contributed by atoms with Crippen molar-refractivity contribution in [2.75, 3.05) is 6.54 Å². The third kappa shape index (κ3) is 3.10. The first kappa shape index (κ1) is 19.3. The number of fused-ring (bicyclic) bond motifs is 2. The number of halogens is 2. The molecule has 3 aromatic heterocycles. The molecule has 0 saturated heterocycles. The number of carbonyl (C=O) groups excluding carboxylic acids is 1. The molecule has 30 heavy (non-hydrogen) atoms. The molecular weight excluding hydrogens is 428 g/mol. The minimum Gasteiger partial charge on any atom is -0.348 e. The number of benzene rings is 1. The van der Waals surface area contributed by atoms with Crippen molar-refractivity contribution >= 4 is 38.8 Å². The third-order valence-electron chi connectivity index (χ3n) is 5.03. The molecule has 10 heteroatoms. The molecule has 154 valence electrons. The lowest BCUT2D eigenvalue weighted by Gasteiger charge is -2.33. The average molecular weight is 446 g/mol. The standard InChI is InChI=1S/C20H17F2N5OS2/c1-20(2,22)19-23-8-13(30-19)18(28)27-7-6-11-15(25-9-24-11)16(27)17-26-14-10(21)4-3-5-12(14)29-17/h3-5,8-9,16H,6-7H2,1-2H3,(H,24,25)/t16-/m0/s1. The van der Waals surface area contributed by atoms with Crippen LogP contribution in [-0.4, -0.2) is 37.3 Å². The summed E-state index contributed by atoms with van der Waals surface area (Å²) in [5.41, 5.74) is 0.292. The Balaban J connectivity index is 1.59. The van der Waals surface area contributed by atoms with Crippen LogP contribution in [0.4, 0.5) is 8.78 Å². The van der Waals surface area contributed by atoms with E-state index in [1.165, 1.54) is 37.4 Å². The molecule has 1 aliphatic rings. The molecule has 0 spiro atoms. The zero-order valence-electron chi connectivity index (χ0n) is 16.1. The van der Waals surface area contributed by atoms with Crippen LogP contribution in [0.2, 0.25) is 0 Å². The maximum absolute atomic E-state index is 14.3. The number of alkyl halides is 1. The van der Waals surface area contributed by atoms with Gasteiger partial charge >= 0.3 is 0 Å². The van der Waals surface area contributed by atoms with Gasteiger partial charge < -0.3 is 9.88 Å². The number of nitrogens with one attached hydrogen (secondary N) is 1. The molecule has 4 heterocycles. The highest BCUT2D eigenvalue weighted by Gasteiger charge is 2.38. The summed E-state index contributed by atoms with van der Waals surface area (Å²) in [6.45, 7) is 3.26. The van der Waals surface area contributed by atoms with Gasteiger partial charge in [0.2, 0.25) is 0 Å². The third-order valence-corrected chi connectivity index (χ3v) is 7.39. The van der Waals surface area contributed by atoms with Crippen molar-refractivity contribution in [1.29, 1.82) is 0 Å². The summed E-state index contributed by atoms with van der Waals surface area (Å²) in [6, 6.07) is 4.26. The van der Waals surface area contributed by atoms with Crippen LogP contribution >= 0.6 is 22.7 Å². The van der Waals surface area contributed by atoms with Gasteiger partial charge in [0.15, 0.2) is 5.67 Å². The van der Waals surface area contributed by atoms with Gasteiger partial charge in [-0.25, -0.2) is 23.7 Å². The highest BCUT2D eigenvalue weighted by molar-refractivity contribution is 7.18. The zero-order valence-corrected chi connectivity index (χ0v) is 17.8. The van der Waals surface area contributed by atoms with Gasteiger partial charge in [0.1, 0.15) is 32.3 Å². The first-order valence-electron chi connectivity index (χ1n) is 9.36. The lowest BCUT2D eigenvalue weighted by atomic mass is 10.0. The number of para-hydroxylation sites is 1. The Morgan fingerprint density at radius 3 is 2.87 bits per heavy atom. The quantitative estimate of drug-likeness (QED) is 0.500. The maximum atomic E-state index is 14.3. The van der Waals surface area contributed by atoms with E-state index < -0.39 is 17.5 Å². The van der Waals surface area contributed by atoms with Gasteiger partial charge in [0.05, 0.1) is 22.9 Å². The van der Waals surface area contributed by atoms with Crippen LogP contribution in [0.25, 0.3) is 10.2 Å². The van der Waals surface area contributed by atoms with Gasteiger partial charge in [0.25, 0.3) is 5.91 Å². The van der Waals surface area contributed by atoms with Crippen molar-refractivity contribution in [2.45, 2.75) is 32.0 Å². The number of thiazole rings is 2. The topological polar surface area (TPSA) is 74.8 Å². The highest BCUT2D eigenvalue weighted by Crippen LogP contribution is 2.39. The van der Waals surface area contributed by atoms with Gasteiger partial charge in [-0.15, -0.1) is 22.7 Å². The largest absolute Gasteiger partial charge is 0.348 e. The molecule has 0 saturated carbocycles. The zero-order chi connectivity index (χ0) is 21.0. The van der Waals surface area contributed by atoms with Crippen molar-refractivity contribution in [3.63, 3.8) is 0 Å². The predicted molar refractivity (Wildman–Crippen MR) is 111 cm³/mol. The summed E-state index contributed by atoms with van der Waals surface area (Å²) in [7, 11) is 0. The smallest absolute Gasteiger partial charge is 0.266 e. The number of hydrogen-bond donors (Lipinski definition) is 1. The number of amides is 1. The molecule has 1 N–H and O–H groups in total. The van der Waals surface area contributed by atoms with Crippen molar-refractivity contribution in [1.82, 2.24) is 24.8 Å². The lowest BCUT2D eigenvalue weighted by Crippen LogP contribution is -2.40. The van der Waals surface area contributed by atoms with E-state index in [1.807, 2.05) is 0 Å². The van der Waals surface area contributed by atoms with E-state index in [0.717, 1.165) is 17.0 Å². The molecule has 0 radical (unpaired) electrons. The molecule has 1 atom stereocenters. The summed E-state index contributed by atoms with van der Waals surface area (Å²) in [6.07, 6.45) is 3.62. The van der Waals surface area contributed by atoms with E-state index in [9.17, 15) is 13.6 Å². The van der Waals surface area contributed by atoms with E-state index >= 15 is 0 Å². The van der Waals surface area contributed by atoms with Crippen LogP contribution in [0.5, 0.6) is 0 Å². The molecule has 1 aliphatic heterocycles. The van der Waals surface area contributed by atoms with Crippen molar-refractivity contribution in [3.05, 3.63) is 62.8 Å². The summed E-state index contributed by atoms with van der Waals surface area (Å²) in [4.78, 5) is 31.5. The summed E-state index contributed by atoms with van der Waals surface area (Å²) >= 11 is 2.39. The average Bonchev–Trinajstić information content (AvgIpc) is 3.44. The molecule has 5 rings (SSSR count). The van der Waals surface area contributed by atoms with Crippen LogP contribution in [0, 0.1) is 5.82 Å². The Morgan fingerprint density at radius 2 is 2.13 bits per heavy atom. The van der Waals surface area contributed by atoms with E-state index in [0.29, 0.717) is 33.2 Å². The Kier molecular flexibility index (Phi) is 4.44. The number of aromatic nitrogens is 4. The molecule has 1 aromatic carbocycles. The van der Waals surface area contributed by atoms with Gasteiger partial charge in [-0.2, -0.15) is 0 Å². The number of carbonyl (C=O) groups is 1. The molecule has 4 aromatic rings. The van der Waals surface area contributed by atoms with Crippen LogP contribution in [0.15, 0.2) is 30.7 Å². The fourth-order valence-corrected chi connectivity index (χ4v) is 5.55. The molecule has 0 bridgehead atoms. The van der Waals surface area contributed by atoms with Crippen molar-refractivity contribution in [2.24, 2.45) is 0 Å². The van der Waals surface area contributed by atoms with E-state index in [-0.39, 0.29) is 16.4 Å². The molecule has 0 fully saturated rings. The van der Waals surface area contributed by atoms with Crippen LogP contribution in [-0.2, 0) is 12.1 Å². The Bertz CT molecular complexity index is 1260. The number of aromatic amines is 1. The van der Waals surface area contributed by atoms with Gasteiger partial charge in [-0.3, -0.25) is 4.79 Å². The Hall–Kier alpha value is -2.72. The normalized spacial score (nSPS) is 16.8. The van der Waals surface area contributed by atoms with Gasteiger partial charge in [-0.1, -0.05) is 6.07 Å². The molecule has 0 unspecified atom stereocenters. The first-order chi connectivity index (χ1) is 14.3. The number of nitrogens with zero attached hydrogens (tertiary/aromatic N) is 4. The van der Waals surface area contributed by atoms with Crippen LogP contribution in [0.1, 0.15) is 51.0 Å². The molecule has 0 aliphatic carbocycles. The SMILES string of the molecule is CC(C)(F)c1ncc(C(=O)N2CCc3[nH]cnc3[C@H]2c2nc3c(F)cccc3s2)s1. The summed E-state index contributed by atoms with van der Waals surface area (Å²) in [5.74, 6) is -0.662. The Morgan fingerprint density at radius 1 is 1.30 bits per heavy atom. The van der Waals surface area contributed by atoms with E-state index in [2.05, 4.69) is 19.9 Å². The molecular formula is C20H17F2N5OS2. The monoisotopic (exact) mass is 445 g/mol. The minimum absolute atomic E-state index is 0.252.